The summed E-state index contributed by atoms with van der Waals surface area (Å²) in [5.41, 5.74) is 1.11. The summed E-state index contributed by atoms with van der Waals surface area (Å²) in [5, 5.41) is 0. The van der Waals surface area contributed by atoms with Gasteiger partial charge in [0.25, 0.3) is 0 Å². The Kier molecular flexibility index (Phi) is 6.50. The van der Waals surface area contributed by atoms with Crippen molar-refractivity contribution in [2.45, 2.75) is 31.7 Å². The quantitative estimate of drug-likeness (QED) is 0.705. The van der Waals surface area contributed by atoms with Gasteiger partial charge in [-0.15, -0.1) is 0 Å². The minimum Gasteiger partial charge on any atom is -0.486 e. The van der Waals surface area contributed by atoms with Crippen molar-refractivity contribution >= 4 is 11.8 Å². The van der Waals surface area contributed by atoms with Crippen molar-refractivity contribution in [2.24, 2.45) is 5.92 Å². The zero-order chi connectivity index (χ0) is 21.9. The number of amides is 2. The van der Waals surface area contributed by atoms with E-state index in [1.165, 1.54) is 0 Å². The van der Waals surface area contributed by atoms with E-state index in [2.05, 4.69) is 11.0 Å². The fourth-order valence-electron chi connectivity index (χ4n) is 5.40. The largest absolute Gasteiger partial charge is 0.486 e. The van der Waals surface area contributed by atoms with E-state index < -0.39 is 0 Å². The van der Waals surface area contributed by atoms with E-state index in [-0.39, 0.29) is 23.8 Å². The van der Waals surface area contributed by atoms with E-state index in [1.807, 2.05) is 21.9 Å². The molecule has 0 saturated carbocycles. The molecule has 4 aliphatic heterocycles. The highest BCUT2D eigenvalue weighted by Gasteiger charge is 2.34. The molecule has 0 spiro atoms. The lowest BCUT2D eigenvalue weighted by Crippen LogP contribution is -2.50. The second-order valence-electron chi connectivity index (χ2n) is 9.16. The molecule has 1 aromatic rings. The molecule has 2 unspecified atom stereocenters. The molecule has 3 saturated heterocycles. The van der Waals surface area contributed by atoms with Gasteiger partial charge >= 0.3 is 0 Å². The van der Waals surface area contributed by atoms with E-state index in [4.69, 9.17) is 14.2 Å². The van der Waals surface area contributed by atoms with Crippen molar-refractivity contribution in [3.05, 3.63) is 23.8 Å². The highest BCUT2D eigenvalue weighted by molar-refractivity contribution is 5.81. The number of likely N-dealkylation sites (tertiary alicyclic amines) is 2. The predicted molar refractivity (Wildman–Crippen MR) is 118 cm³/mol. The molecule has 4 aliphatic rings. The van der Waals surface area contributed by atoms with Crippen LogP contribution in [-0.2, 0) is 14.3 Å². The molecule has 2 atom stereocenters. The topological polar surface area (TPSA) is 71.6 Å². The lowest BCUT2D eigenvalue weighted by Gasteiger charge is -2.37. The smallest absolute Gasteiger partial charge is 0.237 e. The number of piperidine rings is 1. The number of carbonyl (C=O) groups excluding carboxylic acids is 2. The molecule has 0 aliphatic carbocycles. The number of rotatable bonds is 4. The van der Waals surface area contributed by atoms with Crippen LogP contribution < -0.4 is 9.47 Å². The Balaban J connectivity index is 1.20. The Bertz CT molecular complexity index is 841. The molecular weight excluding hydrogens is 410 g/mol. The maximum Gasteiger partial charge on any atom is 0.237 e. The number of ether oxygens (including phenoxy) is 3. The second kappa shape index (κ2) is 9.67. The van der Waals surface area contributed by atoms with Crippen LogP contribution in [-0.4, -0.2) is 92.2 Å². The van der Waals surface area contributed by atoms with Crippen molar-refractivity contribution in [3.8, 4) is 11.5 Å². The third-order valence-corrected chi connectivity index (χ3v) is 7.06. The van der Waals surface area contributed by atoms with E-state index in [0.717, 1.165) is 55.8 Å². The molecule has 8 heteroatoms. The molecule has 8 nitrogen and oxygen atoms in total. The number of benzene rings is 1. The Labute approximate surface area is 189 Å². The van der Waals surface area contributed by atoms with E-state index in [0.29, 0.717) is 52.6 Å². The van der Waals surface area contributed by atoms with Crippen molar-refractivity contribution in [1.82, 2.24) is 14.7 Å². The first-order valence-corrected chi connectivity index (χ1v) is 12.0. The van der Waals surface area contributed by atoms with Gasteiger partial charge in [-0.1, -0.05) is 6.07 Å². The van der Waals surface area contributed by atoms with Crippen LogP contribution in [0, 0.1) is 5.92 Å². The zero-order valence-corrected chi connectivity index (χ0v) is 18.7. The van der Waals surface area contributed by atoms with Gasteiger partial charge in [0.1, 0.15) is 13.2 Å². The summed E-state index contributed by atoms with van der Waals surface area (Å²) in [7, 11) is 0. The maximum absolute atomic E-state index is 13.3. The van der Waals surface area contributed by atoms with Crippen LogP contribution in [0.4, 0.5) is 0 Å². The standard InChI is InChI=1S/C24H33N3O5/c28-23(17-25-7-1-3-19(16-25)24(29)26-9-11-30-12-10-26)27-8-2-4-20(27)18-5-6-21-22(15-18)32-14-13-31-21/h5-6,15,19-20H,1-4,7-14,16-17H2. The molecule has 3 fully saturated rings. The van der Waals surface area contributed by atoms with Gasteiger partial charge < -0.3 is 24.0 Å². The summed E-state index contributed by atoms with van der Waals surface area (Å²) < 4.78 is 16.8. The highest BCUT2D eigenvalue weighted by Crippen LogP contribution is 2.38. The minimum atomic E-state index is -0.0122. The van der Waals surface area contributed by atoms with Crippen molar-refractivity contribution < 1.29 is 23.8 Å². The van der Waals surface area contributed by atoms with Crippen molar-refractivity contribution in [1.29, 1.82) is 0 Å². The maximum atomic E-state index is 13.3. The molecular formula is C24H33N3O5. The number of carbonyl (C=O) groups is 2. The number of hydrogen-bond acceptors (Lipinski definition) is 6. The van der Waals surface area contributed by atoms with Gasteiger partial charge in [0, 0.05) is 26.2 Å². The van der Waals surface area contributed by atoms with Crippen LogP contribution in [0.2, 0.25) is 0 Å². The van der Waals surface area contributed by atoms with Crippen molar-refractivity contribution in [2.75, 3.05) is 65.7 Å². The summed E-state index contributed by atoms with van der Waals surface area (Å²) in [6.07, 6.45) is 3.83. The van der Waals surface area contributed by atoms with Gasteiger partial charge in [-0.3, -0.25) is 14.5 Å². The van der Waals surface area contributed by atoms with Gasteiger partial charge in [-0.2, -0.15) is 0 Å². The first kappa shape index (κ1) is 21.5. The summed E-state index contributed by atoms with van der Waals surface area (Å²) in [6, 6.07) is 6.12. The van der Waals surface area contributed by atoms with Gasteiger partial charge in [0.15, 0.2) is 11.5 Å². The average Bonchev–Trinajstić information content (AvgIpc) is 3.34. The van der Waals surface area contributed by atoms with E-state index in [1.54, 1.807) is 0 Å². The summed E-state index contributed by atoms with van der Waals surface area (Å²) in [4.78, 5) is 32.3. The van der Waals surface area contributed by atoms with Gasteiger partial charge in [0.05, 0.1) is 31.7 Å². The average molecular weight is 444 g/mol. The molecule has 1 aromatic carbocycles. The third-order valence-electron chi connectivity index (χ3n) is 7.06. The molecule has 0 N–H and O–H groups in total. The fraction of sp³-hybridized carbons (Fsp3) is 0.667. The second-order valence-corrected chi connectivity index (χ2v) is 9.16. The number of fused-ring (bicyclic) bond motifs is 1. The summed E-state index contributed by atoms with van der Waals surface area (Å²) >= 11 is 0. The molecule has 0 aromatic heterocycles. The van der Waals surface area contributed by atoms with Crippen LogP contribution in [0.1, 0.15) is 37.3 Å². The SMILES string of the molecule is O=C(C1CCCN(CC(=O)N2CCCC2c2ccc3c(c2)OCCO3)C1)N1CCOCC1. The third kappa shape index (κ3) is 4.57. The minimum absolute atomic E-state index is 0.0122. The Morgan fingerprint density at radius 2 is 1.69 bits per heavy atom. The normalized spacial score (nSPS) is 26.2. The molecule has 32 heavy (non-hydrogen) atoms. The van der Waals surface area contributed by atoms with Crippen molar-refractivity contribution in [3.63, 3.8) is 0 Å². The lowest BCUT2D eigenvalue weighted by molar-refractivity contribution is -0.143. The van der Waals surface area contributed by atoms with Crippen LogP contribution in [0.5, 0.6) is 11.5 Å². The van der Waals surface area contributed by atoms with E-state index >= 15 is 0 Å². The Hall–Kier alpha value is -2.32. The van der Waals surface area contributed by atoms with Crippen LogP contribution in [0.25, 0.3) is 0 Å². The van der Waals surface area contributed by atoms with Gasteiger partial charge in [-0.05, 0) is 49.9 Å². The van der Waals surface area contributed by atoms with Crippen LogP contribution >= 0.6 is 0 Å². The first-order chi connectivity index (χ1) is 15.7. The molecule has 174 valence electrons. The van der Waals surface area contributed by atoms with Gasteiger partial charge in [0.2, 0.25) is 11.8 Å². The fourth-order valence-corrected chi connectivity index (χ4v) is 5.40. The monoisotopic (exact) mass is 443 g/mol. The number of nitrogens with zero attached hydrogens (tertiary/aromatic N) is 3. The molecule has 0 bridgehead atoms. The number of morpholine rings is 1. The molecule has 0 radical (unpaired) electrons. The summed E-state index contributed by atoms with van der Waals surface area (Å²) in [5.74, 6) is 1.91. The van der Waals surface area contributed by atoms with E-state index in [9.17, 15) is 9.59 Å². The molecule has 5 rings (SSSR count). The lowest BCUT2D eigenvalue weighted by atomic mass is 9.96. The first-order valence-electron chi connectivity index (χ1n) is 12.0. The van der Waals surface area contributed by atoms with Crippen LogP contribution in [0.3, 0.4) is 0 Å². The molecule has 4 heterocycles. The predicted octanol–water partition coefficient (Wildman–Crippen LogP) is 1.69. The van der Waals surface area contributed by atoms with Crippen LogP contribution in [0.15, 0.2) is 18.2 Å². The Morgan fingerprint density at radius 1 is 0.906 bits per heavy atom. The van der Waals surface area contributed by atoms with Gasteiger partial charge in [-0.25, -0.2) is 0 Å². The summed E-state index contributed by atoms with van der Waals surface area (Å²) in [6.45, 7) is 6.45. The Morgan fingerprint density at radius 3 is 2.53 bits per heavy atom. The zero-order valence-electron chi connectivity index (χ0n) is 18.7. The number of hydrogen-bond donors (Lipinski definition) is 0. The highest BCUT2D eigenvalue weighted by atomic mass is 16.6. The molecule has 2 amide bonds.